The third-order valence-corrected chi connectivity index (χ3v) is 10.3. The molecule has 2 aliphatic heterocycles. The van der Waals surface area contributed by atoms with Gasteiger partial charge in [-0.05, 0) is 112 Å². The van der Waals surface area contributed by atoms with Crippen LogP contribution in [-0.4, -0.2) is 82.5 Å². The Morgan fingerprint density at radius 2 is 1.53 bits per heavy atom. The number of carbonyl (C=O) groups excluding carboxylic acids is 1. The lowest BCUT2D eigenvalue weighted by atomic mass is 10.0. The molecule has 282 valence electrons. The van der Waals surface area contributed by atoms with E-state index in [0.29, 0.717) is 31.5 Å². The first-order valence-corrected chi connectivity index (χ1v) is 18.6. The van der Waals surface area contributed by atoms with Crippen molar-refractivity contribution in [1.82, 2.24) is 25.5 Å². The highest BCUT2D eigenvalue weighted by atomic mass is 16.4. The van der Waals surface area contributed by atoms with E-state index in [-0.39, 0.29) is 12.3 Å². The van der Waals surface area contributed by atoms with Crippen molar-refractivity contribution in [2.24, 2.45) is 9.98 Å². The number of carboxylic acid groups (broad SMARTS) is 1. The molecule has 10 heteroatoms. The van der Waals surface area contributed by atoms with Gasteiger partial charge < -0.3 is 30.6 Å². The van der Waals surface area contributed by atoms with E-state index in [1.165, 1.54) is 0 Å². The van der Waals surface area contributed by atoms with Crippen molar-refractivity contribution in [1.29, 1.82) is 0 Å². The quantitative estimate of drug-likeness (QED) is 0.121. The minimum absolute atomic E-state index is 0.0208. The number of aromatic nitrogens is 2. The number of rotatable bonds is 19. The molecule has 0 radical (unpaired) electrons. The number of nitrogens with one attached hydrogen (secondary N) is 4. The Kier molecular flexibility index (Phi) is 14.3. The molecule has 0 saturated heterocycles. The largest absolute Gasteiger partial charge is 0.481 e. The van der Waals surface area contributed by atoms with Gasteiger partial charge in [-0.2, -0.15) is 0 Å². The molecule has 1 amide bonds. The second kappa shape index (κ2) is 18.6. The second-order valence-electron chi connectivity index (χ2n) is 13.6. The summed E-state index contributed by atoms with van der Waals surface area (Å²) in [6.07, 6.45) is 11.3. The third kappa shape index (κ3) is 9.88. The molecular weight excluding hydrogens is 663 g/mol. The van der Waals surface area contributed by atoms with Crippen molar-refractivity contribution >= 4 is 47.6 Å². The van der Waals surface area contributed by atoms with Crippen LogP contribution in [-0.2, 0) is 16.0 Å². The molecule has 0 atom stereocenters. The number of amides is 1. The summed E-state index contributed by atoms with van der Waals surface area (Å²) in [4.78, 5) is 43.0. The molecule has 0 unspecified atom stereocenters. The average Bonchev–Trinajstić information content (AvgIpc) is 3.77. The lowest BCUT2D eigenvalue weighted by Crippen LogP contribution is -2.36. The summed E-state index contributed by atoms with van der Waals surface area (Å²) in [7, 11) is 0. The van der Waals surface area contributed by atoms with Gasteiger partial charge in [0.15, 0.2) is 0 Å². The van der Waals surface area contributed by atoms with Gasteiger partial charge in [0.1, 0.15) is 0 Å². The zero-order valence-corrected chi connectivity index (χ0v) is 32.7. The summed E-state index contributed by atoms with van der Waals surface area (Å²) in [6, 6.07) is 0. The highest BCUT2D eigenvalue weighted by Crippen LogP contribution is 2.31. The first-order valence-electron chi connectivity index (χ1n) is 18.6. The smallest absolute Gasteiger partial charge is 0.303 e. The van der Waals surface area contributed by atoms with E-state index in [2.05, 4.69) is 66.0 Å². The maximum Gasteiger partial charge on any atom is 0.303 e. The highest BCUT2D eigenvalue weighted by Gasteiger charge is 2.21. The van der Waals surface area contributed by atoms with Crippen LogP contribution in [0, 0.1) is 20.8 Å². The van der Waals surface area contributed by atoms with Crippen LogP contribution in [0.5, 0.6) is 0 Å². The first-order chi connectivity index (χ1) is 25.3. The molecule has 0 bridgehead atoms. The predicted octanol–water partition coefficient (Wildman–Crippen LogP) is 5.60. The molecule has 53 heavy (non-hydrogen) atoms. The normalized spacial score (nSPS) is 16.1. The predicted molar refractivity (Wildman–Crippen MR) is 221 cm³/mol. The summed E-state index contributed by atoms with van der Waals surface area (Å²) in [5.74, 6) is -0.792. The summed E-state index contributed by atoms with van der Waals surface area (Å²) in [6.45, 7) is 32.1. The molecule has 2 aromatic rings. The first kappa shape index (κ1) is 40.7. The van der Waals surface area contributed by atoms with E-state index in [1.807, 2.05) is 58.1 Å². The Labute approximate surface area is 314 Å². The molecule has 2 aliphatic rings. The van der Waals surface area contributed by atoms with E-state index in [4.69, 9.17) is 9.98 Å². The molecule has 4 rings (SSSR count). The molecule has 0 aliphatic carbocycles. The average molecular weight is 720 g/mol. The molecule has 0 aromatic carbocycles. The molecule has 4 heterocycles. The Morgan fingerprint density at radius 1 is 0.830 bits per heavy atom. The van der Waals surface area contributed by atoms with Crippen molar-refractivity contribution in [2.75, 3.05) is 39.3 Å². The van der Waals surface area contributed by atoms with Crippen molar-refractivity contribution in [3.8, 4) is 0 Å². The minimum atomic E-state index is -0.812. The van der Waals surface area contributed by atoms with Gasteiger partial charge in [0.25, 0.3) is 0 Å². The standard InChI is InChI=1S/C43H57N7O3/c1-11-32-26(5)38(23-36-28(7)34(30(9)46-36)15-17-42(51)45-20-19-44-21-22-50(13-3)14-4)48-41(32)25-39-27(6)33(12-2)40(49-39)24-37-29(8)35(31(10)47-37)16-18-43(52)53/h11-12,23-25,44,47-48H,1-2,9,13-22H2,3-8,10H3,(H,45,51)(H,52,53)/b38-23-,40-24-,41-25-. The van der Waals surface area contributed by atoms with Crippen LogP contribution in [0.1, 0.15) is 80.6 Å². The van der Waals surface area contributed by atoms with E-state index >= 15 is 0 Å². The zero-order chi connectivity index (χ0) is 38.8. The maximum absolute atomic E-state index is 12.6. The molecule has 2 aromatic heterocycles. The van der Waals surface area contributed by atoms with Crippen LogP contribution >= 0.6 is 0 Å². The minimum Gasteiger partial charge on any atom is -0.481 e. The maximum atomic E-state index is 12.6. The SMILES string of the molecule is C=CC1=C(C)C(/C=c2\[nH]/c(=C\C3=NC(=C)C(CCC(=O)NCCNCCN(CC)CC)=C3C)c(C)c2C=C)=NC/1=C\c1[nH]c(C)c(CCC(=O)O)c1C. The van der Waals surface area contributed by atoms with Crippen LogP contribution in [0.15, 0.2) is 69.5 Å². The summed E-state index contributed by atoms with van der Waals surface area (Å²) >= 11 is 0. The van der Waals surface area contributed by atoms with Gasteiger partial charge in [0.2, 0.25) is 5.91 Å². The van der Waals surface area contributed by atoms with E-state index < -0.39 is 5.97 Å². The molecule has 0 fully saturated rings. The molecule has 0 saturated carbocycles. The number of aromatic amines is 2. The monoisotopic (exact) mass is 719 g/mol. The number of aliphatic imine (C=N–C) groups is 2. The molecule has 0 spiro atoms. The Morgan fingerprint density at radius 3 is 2.19 bits per heavy atom. The summed E-state index contributed by atoms with van der Waals surface area (Å²) < 4.78 is 0. The lowest BCUT2D eigenvalue weighted by molar-refractivity contribution is -0.137. The molecule has 5 N–H and O–H groups in total. The number of aryl methyl sites for hydroxylation is 1. The van der Waals surface area contributed by atoms with Crippen molar-refractivity contribution in [3.63, 3.8) is 0 Å². The zero-order valence-electron chi connectivity index (χ0n) is 32.7. The van der Waals surface area contributed by atoms with Crippen LogP contribution in [0.3, 0.4) is 0 Å². The number of aliphatic carboxylic acids is 1. The summed E-state index contributed by atoms with van der Waals surface area (Å²) in [5.41, 5.74) is 13.0. The third-order valence-electron chi connectivity index (χ3n) is 10.3. The topological polar surface area (TPSA) is 138 Å². The Balaban J connectivity index is 1.51. The van der Waals surface area contributed by atoms with Gasteiger partial charge in [-0.3, -0.25) is 9.59 Å². The molecule has 10 nitrogen and oxygen atoms in total. The number of H-pyrrole nitrogens is 2. The van der Waals surface area contributed by atoms with Crippen molar-refractivity contribution in [2.45, 2.75) is 74.1 Å². The van der Waals surface area contributed by atoms with Crippen LogP contribution in [0.4, 0.5) is 0 Å². The number of likely N-dealkylation sites (N-methyl/N-ethyl adjacent to an activating group) is 1. The van der Waals surface area contributed by atoms with Crippen molar-refractivity contribution in [3.05, 3.63) is 104 Å². The van der Waals surface area contributed by atoms with E-state index in [0.717, 1.165) is 116 Å². The lowest BCUT2D eigenvalue weighted by Gasteiger charge is -2.18. The number of allylic oxidation sites excluding steroid dienone is 4. The number of hydrogen-bond acceptors (Lipinski definition) is 6. The fourth-order valence-electron chi connectivity index (χ4n) is 6.92. The second-order valence-corrected chi connectivity index (χ2v) is 13.6. The van der Waals surface area contributed by atoms with Gasteiger partial charge >= 0.3 is 5.97 Å². The van der Waals surface area contributed by atoms with Crippen molar-refractivity contribution < 1.29 is 14.7 Å². The number of carboxylic acids is 1. The van der Waals surface area contributed by atoms with Gasteiger partial charge in [-0.1, -0.05) is 45.7 Å². The van der Waals surface area contributed by atoms with E-state index in [9.17, 15) is 14.7 Å². The van der Waals surface area contributed by atoms with Crippen LogP contribution < -0.4 is 21.3 Å². The van der Waals surface area contributed by atoms with Gasteiger partial charge in [0, 0.05) is 72.2 Å². The fourth-order valence-corrected chi connectivity index (χ4v) is 6.92. The summed E-state index contributed by atoms with van der Waals surface area (Å²) in [5, 5.41) is 17.4. The Hall–Kier alpha value is -5.06. The van der Waals surface area contributed by atoms with Gasteiger partial charge in [0.05, 0.1) is 22.8 Å². The van der Waals surface area contributed by atoms with Gasteiger partial charge in [-0.15, -0.1) is 0 Å². The fraction of sp³-hybridized carbons (Fsp3) is 0.395. The van der Waals surface area contributed by atoms with E-state index in [1.54, 1.807) is 0 Å². The van der Waals surface area contributed by atoms with Gasteiger partial charge in [-0.25, -0.2) is 9.98 Å². The number of nitrogens with zero attached hydrogens (tertiary/aromatic N) is 3. The molecular formula is C43H57N7O3. The Bertz CT molecular complexity index is 2060. The highest BCUT2D eigenvalue weighted by molar-refractivity contribution is 6.24. The number of carbonyl (C=O) groups is 2. The van der Waals surface area contributed by atoms with Crippen LogP contribution in [0.25, 0.3) is 24.3 Å². The number of hydrogen-bond donors (Lipinski definition) is 5. The van der Waals surface area contributed by atoms with Crippen LogP contribution in [0.2, 0.25) is 0 Å².